The van der Waals surface area contributed by atoms with E-state index in [-0.39, 0.29) is 0 Å². The Bertz CT molecular complexity index is 228. The molecule has 3 heteroatoms. The third-order valence-electron chi connectivity index (χ3n) is 4.77. The van der Waals surface area contributed by atoms with Gasteiger partial charge in [-0.2, -0.15) is 0 Å². The van der Waals surface area contributed by atoms with Crippen molar-refractivity contribution in [2.75, 3.05) is 19.5 Å². The molecule has 1 heterocycles. The Labute approximate surface area is 110 Å². The molecule has 2 aliphatic rings. The van der Waals surface area contributed by atoms with Gasteiger partial charge in [0.15, 0.2) is 0 Å². The molecule has 2 nitrogen and oxygen atoms in total. The highest BCUT2D eigenvalue weighted by Crippen LogP contribution is 2.41. The number of thioether (sulfide) groups is 1. The van der Waals surface area contributed by atoms with Crippen molar-refractivity contribution < 1.29 is 5.11 Å². The molecule has 2 unspecified atom stereocenters. The van der Waals surface area contributed by atoms with Gasteiger partial charge in [-0.25, -0.2) is 0 Å². The predicted octanol–water partition coefficient (Wildman–Crippen LogP) is 2.96. The Morgan fingerprint density at radius 1 is 1.24 bits per heavy atom. The maximum absolute atomic E-state index is 8.88. The summed E-state index contributed by atoms with van der Waals surface area (Å²) >= 11 is 2.17. The second kappa shape index (κ2) is 6.44. The third kappa shape index (κ3) is 3.39. The molecular weight excluding hydrogens is 230 g/mol. The monoisotopic (exact) mass is 257 g/mol. The molecule has 0 spiro atoms. The molecule has 17 heavy (non-hydrogen) atoms. The minimum Gasteiger partial charge on any atom is -0.396 e. The van der Waals surface area contributed by atoms with Crippen LogP contribution in [0, 0.1) is 11.8 Å². The van der Waals surface area contributed by atoms with Crippen LogP contribution in [0.5, 0.6) is 0 Å². The molecule has 0 bridgehead atoms. The van der Waals surface area contributed by atoms with Gasteiger partial charge in [0.05, 0.1) is 0 Å². The van der Waals surface area contributed by atoms with Crippen LogP contribution >= 0.6 is 11.8 Å². The van der Waals surface area contributed by atoms with Crippen LogP contribution in [0.2, 0.25) is 0 Å². The van der Waals surface area contributed by atoms with Gasteiger partial charge in [0.25, 0.3) is 0 Å². The minimum absolute atomic E-state index is 0.375. The molecule has 2 rings (SSSR count). The molecule has 2 fully saturated rings. The van der Waals surface area contributed by atoms with Gasteiger partial charge < -0.3 is 5.11 Å². The van der Waals surface area contributed by atoms with Crippen molar-refractivity contribution in [1.29, 1.82) is 0 Å². The molecule has 0 aromatic carbocycles. The molecule has 100 valence electrons. The number of aliphatic hydroxyl groups excluding tert-OH is 1. The summed E-state index contributed by atoms with van der Waals surface area (Å²) in [5, 5.41) is 9.75. The first-order valence-electron chi connectivity index (χ1n) is 7.15. The van der Waals surface area contributed by atoms with E-state index in [9.17, 15) is 0 Å². The predicted molar refractivity (Wildman–Crippen MR) is 75.2 cm³/mol. The van der Waals surface area contributed by atoms with E-state index < -0.39 is 0 Å². The number of hydrogen-bond donors (Lipinski definition) is 1. The van der Waals surface area contributed by atoms with Gasteiger partial charge in [-0.3, -0.25) is 4.90 Å². The first-order chi connectivity index (χ1) is 8.22. The fourth-order valence-electron chi connectivity index (χ4n) is 3.43. The van der Waals surface area contributed by atoms with Gasteiger partial charge in [0.1, 0.15) is 0 Å². The molecule has 1 saturated carbocycles. The zero-order valence-electron chi connectivity index (χ0n) is 11.3. The van der Waals surface area contributed by atoms with E-state index in [1.54, 1.807) is 0 Å². The van der Waals surface area contributed by atoms with Crippen LogP contribution < -0.4 is 0 Å². The molecule has 1 saturated heterocycles. The Kier molecular flexibility index (Phi) is 5.19. The molecule has 0 amide bonds. The fraction of sp³-hybridized carbons (Fsp3) is 1.00. The second-order valence-electron chi connectivity index (χ2n) is 5.90. The van der Waals surface area contributed by atoms with Crippen LogP contribution in [0.3, 0.4) is 0 Å². The van der Waals surface area contributed by atoms with E-state index in [4.69, 9.17) is 5.11 Å². The lowest BCUT2D eigenvalue weighted by Crippen LogP contribution is -2.35. The average Bonchev–Trinajstić information content (AvgIpc) is 2.68. The van der Waals surface area contributed by atoms with Crippen molar-refractivity contribution in [2.24, 2.45) is 11.8 Å². The lowest BCUT2D eigenvalue weighted by atomic mass is 9.77. The van der Waals surface area contributed by atoms with Gasteiger partial charge >= 0.3 is 0 Å². The van der Waals surface area contributed by atoms with Crippen LogP contribution in [0.25, 0.3) is 0 Å². The van der Waals surface area contributed by atoms with E-state index in [0.29, 0.717) is 6.61 Å². The lowest BCUT2D eigenvalue weighted by molar-refractivity contribution is 0.204. The van der Waals surface area contributed by atoms with E-state index in [0.717, 1.165) is 29.5 Å². The molecule has 1 N–H and O–H groups in total. The molecule has 2 atom stereocenters. The summed E-state index contributed by atoms with van der Waals surface area (Å²) in [6, 6.07) is 0.763. The summed E-state index contributed by atoms with van der Waals surface area (Å²) < 4.78 is 0. The van der Waals surface area contributed by atoms with Crippen molar-refractivity contribution in [1.82, 2.24) is 4.90 Å². The zero-order valence-corrected chi connectivity index (χ0v) is 12.1. The third-order valence-corrected chi connectivity index (χ3v) is 6.49. The van der Waals surface area contributed by atoms with E-state index in [1.807, 2.05) is 0 Å². The summed E-state index contributed by atoms with van der Waals surface area (Å²) in [6.07, 6.45) is 7.90. The summed E-state index contributed by atoms with van der Waals surface area (Å²) in [6.45, 7) is 2.77. The Balaban J connectivity index is 1.75. The topological polar surface area (TPSA) is 23.5 Å². The minimum atomic E-state index is 0.375. The standard InChI is InChI=1S/C14H27NOS/c1-11-14(17-10-15(11)2)13-7-5-12(6-8-13)4-3-9-16/h11-14,16H,3-10H2,1-2H3. The van der Waals surface area contributed by atoms with Gasteiger partial charge in [-0.1, -0.05) is 12.8 Å². The molecule has 0 radical (unpaired) electrons. The smallest absolute Gasteiger partial charge is 0.0447 e. The first-order valence-corrected chi connectivity index (χ1v) is 8.20. The quantitative estimate of drug-likeness (QED) is 0.837. The summed E-state index contributed by atoms with van der Waals surface area (Å²) in [4.78, 5) is 2.49. The molecular formula is C14H27NOS. The SMILES string of the molecule is CC1C(C2CCC(CCCO)CC2)SCN1C. The summed E-state index contributed by atoms with van der Waals surface area (Å²) in [5.74, 6) is 3.07. The Hall–Kier alpha value is 0.270. The normalized spacial score (nSPS) is 39.7. The van der Waals surface area contributed by atoms with Crippen LogP contribution in [-0.2, 0) is 0 Å². The maximum Gasteiger partial charge on any atom is 0.0447 e. The number of aliphatic hydroxyl groups is 1. The van der Waals surface area contributed by atoms with E-state index in [1.165, 1.54) is 38.0 Å². The summed E-state index contributed by atoms with van der Waals surface area (Å²) in [5.41, 5.74) is 0. The van der Waals surface area contributed by atoms with Gasteiger partial charge in [0.2, 0.25) is 0 Å². The average molecular weight is 257 g/mol. The van der Waals surface area contributed by atoms with Crippen molar-refractivity contribution in [2.45, 2.75) is 56.7 Å². The fourth-order valence-corrected chi connectivity index (χ4v) is 5.10. The number of hydrogen-bond acceptors (Lipinski definition) is 3. The van der Waals surface area contributed by atoms with Crippen LogP contribution in [0.4, 0.5) is 0 Å². The molecule has 0 aromatic rings. The summed E-state index contributed by atoms with van der Waals surface area (Å²) in [7, 11) is 2.25. The zero-order chi connectivity index (χ0) is 12.3. The maximum atomic E-state index is 8.88. The lowest BCUT2D eigenvalue weighted by Gasteiger charge is -2.34. The second-order valence-corrected chi connectivity index (χ2v) is 7.04. The van der Waals surface area contributed by atoms with Crippen LogP contribution in [0.1, 0.15) is 45.4 Å². The van der Waals surface area contributed by atoms with Crippen molar-refractivity contribution >= 4 is 11.8 Å². The largest absolute Gasteiger partial charge is 0.396 e. The van der Waals surface area contributed by atoms with Crippen molar-refractivity contribution in [3.05, 3.63) is 0 Å². The molecule has 1 aliphatic heterocycles. The number of rotatable bonds is 4. The van der Waals surface area contributed by atoms with Gasteiger partial charge in [-0.05, 0) is 51.5 Å². The molecule has 0 aromatic heterocycles. The van der Waals surface area contributed by atoms with Crippen molar-refractivity contribution in [3.63, 3.8) is 0 Å². The van der Waals surface area contributed by atoms with Crippen LogP contribution in [-0.4, -0.2) is 40.8 Å². The number of nitrogens with zero attached hydrogens (tertiary/aromatic N) is 1. The van der Waals surface area contributed by atoms with Gasteiger partial charge in [0, 0.05) is 23.8 Å². The van der Waals surface area contributed by atoms with Gasteiger partial charge in [-0.15, -0.1) is 11.8 Å². The van der Waals surface area contributed by atoms with E-state index >= 15 is 0 Å². The first kappa shape index (κ1) is 13.7. The van der Waals surface area contributed by atoms with E-state index in [2.05, 4.69) is 30.6 Å². The van der Waals surface area contributed by atoms with Crippen LogP contribution in [0.15, 0.2) is 0 Å². The highest BCUT2D eigenvalue weighted by molar-refractivity contribution is 8.00. The molecule has 1 aliphatic carbocycles. The highest BCUT2D eigenvalue weighted by Gasteiger charge is 2.36. The highest BCUT2D eigenvalue weighted by atomic mass is 32.2. The Morgan fingerprint density at radius 3 is 2.47 bits per heavy atom. The Morgan fingerprint density at radius 2 is 1.94 bits per heavy atom. The van der Waals surface area contributed by atoms with Crippen molar-refractivity contribution in [3.8, 4) is 0 Å².